The summed E-state index contributed by atoms with van der Waals surface area (Å²) in [4.78, 5) is 17.6. The van der Waals surface area contributed by atoms with Gasteiger partial charge in [-0.1, -0.05) is 31.4 Å². The predicted molar refractivity (Wildman–Crippen MR) is 129 cm³/mol. The molecule has 0 spiro atoms. The maximum Gasteiger partial charge on any atom is 0.417 e. The minimum atomic E-state index is -4.74. The SMILES string of the molecule is N#Cc1ccc(C2C3CCCCC3C(c3ccc(C(=O)NOCC4CCC4)c(F)c3)N2[O-])cc1C(F)(F)F. The van der Waals surface area contributed by atoms with Crippen molar-refractivity contribution in [2.45, 2.75) is 63.2 Å². The van der Waals surface area contributed by atoms with Gasteiger partial charge in [0.05, 0.1) is 29.4 Å². The summed E-state index contributed by atoms with van der Waals surface area (Å²) in [7, 11) is 0. The number of halogens is 4. The second-order valence-electron chi connectivity index (χ2n) is 10.6. The Morgan fingerprint density at radius 2 is 1.66 bits per heavy atom. The molecule has 2 aromatic carbocycles. The molecule has 4 atom stereocenters. The molecule has 10 heteroatoms. The molecule has 3 aliphatic rings. The fourth-order valence-corrected chi connectivity index (χ4v) is 6.23. The van der Waals surface area contributed by atoms with Crippen LogP contribution < -0.4 is 5.48 Å². The zero-order chi connectivity index (χ0) is 27.0. The molecule has 0 radical (unpaired) electrons. The zero-order valence-corrected chi connectivity index (χ0v) is 20.6. The molecule has 6 nitrogen and oxygen atoms in total. The van der Waals surface area contributed by atoms with E-state index >= 15 is 4.39 Å². The van der Waals surface area contributed by atoms with Crippen LogP contribution in [0.15, 0.2) is 36.4 Å². The number of nitrogens with zero attached hydrogens (tertiary/aromatic N) is 2. The summed E-state index contributed by atoms with van der Waals surface area (Å²) in [6, 6.07) is 7.39. The van der Waals surface area contributed by atoms with Crippen molar-refractivity contribution < 1.29 is 27.2 Å². The Hall–Kier alpha value is -3.00. The maximum atomic E-state index is 15.1. The lowest BCUT2D eigenvalue weighted by Gasteiger charge is -2.38. The first-order valence-corrected chi connectivity index (χ1v) is 13.0. The predicted octanol–water partition coefficient (Wildman–Crippen LogP) is 6.58. The minimum Gasteiger partial charge on any atom is -0.784 e. The van der Waals surface area contributed by atoms with Crippen molar-refractivity contribution in [2.75, 3.05) is 6.61 Å². The van der Waals surface area contributed by atoms with E-state index in [1.165, 1.54) is 24.3 Å². The zero-order valence-electron chi connectivity index (χ0n) is 20.6. The van der Waals surface area contributed by atoms with Gasteiger partial charge in [0.25, 0.3) is 5.91 Å². The third kappa shape index (κ3) is 5.03. The van der Waals surface area contributed by atoms with Crippen LogP contribution in [0.1, 0.15) is 89.6 Å². The van der Waals surface area contributed by atoms with Gasteiger partial charge in [-0.25, -0.2) is 9.87 Å². The molecular formula is C28H28F4N3O3-. The summed E-state index contributed by atoms with van der Waals surface area (Å²) in [6.07, 6.45) is 1.52. The summed E-state index contributed by atoms with van der Waals surface area (Å²) in [5.41, 5.74) is 1.08. The Labute approximate surface area is 218 Å². The fraction of sp³-hybridized carbons (Fsp3) is 0.500. The van der Waals surface area contributed by atoms with Crippen LogP contribution in [0.5, 0.6) is 0 Å². The summed E-state index contributed by atoms with van der Waals surface area (Å²) < 4.78 is 56.0. The third-order valence-electron chi connectivity index (χ3n) is 8.33. The Balaban J connectivity index is 1.40. The first-order chi connectivity index (χ1) is 18.2. The van der Waals surface area contributed by atoms with Crippen LogP contribution in [0.4, 0.5) is 17.6 Å². The summed E-state index contributed by atoms with van der Waals surface area (Å²) >= 11 is 0. The first kappa shape index (κ1) is 26.6. The van der Waals surface area contributed by atoms with Gasteiger partial charge in [0.15, 0.2) is 0 Å². The number of hydroxylamine groups is 3. The largest absolute Gasteiger partial charge is 0.784 e. The van der Waals surface area contributed by atoms with Gasteiger partial charge in [-0.3, -0.25) is 9.63 Å². The van der Waals surface area contributed by atoms with Gasteiger partial charge in [-0.15, -0.1) is 0 Å². The molecule has 0 bridgehead atoms. The lowest BCUT2D eigenvalue weighted by atomic mass is 9.73. The monoisotopic (exact) mass is 530 g/mol. The number of hydrogen-bond donors (Lipinski definition) is 1. The van der Waals surface area contributed by atoms with Gasteiger partial charge in [0, 0.05) is 12.1 Å². The Kier molecular flexibility index (Phi) is 7.45. The fourth-order valence-electron chi connectivity index (χ4n) is 6.23. The van der Waals surface area contributed by atoms with Crippen LogP contribution in [0.2, 0.25) is 0 Å². The van der Waals surface area contributed by atoms with Gasteiger partial charge >= 0.3 is 6.18 Å². The molecule has 2 saturated carbocycles. The second-order valence-corrected chi connectivity index (χ2v) is 10.6. The molecule has 2 aromatic rings. The second kappa shape index (κ2) is 10.6. The van der Waals surface area contributed by atoms with E-state index in [9.17, 15) is 23.2 Å². The van der Waals surface area contributed by atoms with Crippen molar-refractivity contribution in [3.63, 3.8) is 0 Å². The van der Waals surface area contributed by atoms with E-state index in [1.54, 1.807) is 6.07 Å². The molecule has 1 amide bonds. The summed E-state index contributed by atoms with van der Waals surface area (Å²) in [6.45, 7) is 0.370. The van der Waals surface area contributed by atoms with E-state index in [2.05, 4.69) is 5.48 Å². The molecular weight excluding hydrogens is 502 g/mol. The van der Waals surface area contributed by atoms with E-state index in [4.69, 9.17) is 10.1 Å². The van der Waals surface area contributed by atoms with Crippen LogP contribution >= 0.6 is 0 Å². The van der Waals surface area contributed by atoms with Gasteiger partial charge in [0.2, 0.25) is 0 Å². The summed E-state index contributed by atoms with van der Waals surface area (Å²) in [5, 5.41) is 23.6. The van der Waals surface area contributed by atoms with Crippen molar-refractivity contribution in [1.82, 2.24) is 10.5 Å². The minimum absolute atomic E-state index is 0.180. The van der Waals surface area contributed by atoms with Crippen LogP contribution in [-0.4, -0.2) is 17.6 Å². The standard InChI is InChI=1S/C28H28F4N3O3/c29-24-13-18(10-11-22(24)27(36)34-38-15-16-4-3-5-16)26-21-7-2-1-6-20(21)25(35(26)37)17-8-9-19(14-33)23(12-17)28(30,31)32/h8-13,16,20-21,25-26H,1-7,15H2,(H,34,36)/q-1. The Bertz CT molecular complexity index is 1240. The van der Waals surface area contributed by atoms with Crippen LogP contribution in [0.25, 0.3) is 0 Å². The lowest BCUT2D eigenvalue weighted by molar-refractivity contribution is -0.137. The number of alkyl halides is 3. The highest BCUT2D eigenvalue weighted by atomic mass is 19.4. The highest BCUT2D eigenvalue weighted by Crippen LogP contribution is 2.57. The number of fused-ring (bicyclic) bond motifs is 1. The van der Waals surface area contributed by atoms with Crippen molar-refractivity contribution in [1.29, 1.82) is 5.26 Å². The molecule has 5 rings (SSSR count). The van der Waals surface area contributed by atoms with Crippen LogP contribution in [-0.2, 0) is 11.0 Å². The first-order valence-electron chi connectivity index (χ1n) is 13.0. The van der Waals surface area contributed by atoms with E-state index in [-0.39, 0.29) is 23.0 Å². The molecule has 0 aromatic heterocycles. The average molecular weight is 531 g/mol. The molecule has 38 heavy (non-hydrogen) atoms. The number of carbonyl (C=O) groups is 1. The van der Waals surface area contributed by atoms with Gasteiger partial charge < -0.3 is 10.3 Å². The number of amides is 1. The topological polar surface area (TPSA) is 88.4 Å². The molecule has 1 heterocycles. The maximum absolute atomic E-state index is 15.1. The highest BCUT2D eigenvalue weighted by Gasteiger charge is 2.47. The third-order valence-corrected chi connectivity index (χ3v) is 8.33. The number of nitrogens with one attached hydrogen (secondary N) is 1. The quantitative estimate of drug-likeness (QED) is 0.337. The molecule has 1 saturated heterocycles. The highest BCUT2D eigenvalue weighted by molar-refractivity contribution is 5.93. The lowest BCUT2D eigenvalue weighted by Crippen LogP contribution is -2.29. The van der Waals surface area contributed by atoms with Crippen LogP contribution in [0.3, 0.4) is 0 Å². The number of carbonyl (C=O) groups excluding carboxylic acids is 1. The molecule has 4 unspecified atom stereocenters. The molecule has 3 fully saturated rings. The number of hydrogen-bond acceptors (Lipinski definition) is 5. The molecule has 2 aliphatic carbocycles. The van der Waals surface area contributed by atoms with Crippen LogP contribution in [0, 0.1) is 40.1 Å². The van der Waals surface area contributed by atoms with Crippen molar-refractivity contribution >= 4 is 5.91 Å². The normalized spacial score (nSPS) is 25.9. The Morgan fingerprint density at radius 1 is 1.03 bits per heavy atom. The smallest absolute Gasteiger partial charge is 0.417 e. The van der Waals surface area contributed by atoms with Crippen molar-refractivity contribution in [3.8, 4) is 6.07 Å². The number of benzene rings is 2. The van der Waals surface area contributed by atoms with E-state index in [0.717, 1.165) is 49.3 Å². The van der Waals surface area contributed by atoms with Gasteiger partial charge in [-0.2, -0.15) is 18.4 Å². The molecule has 1 N–H and O–H groups in total. The Morgan fingerprint density at radius 3 is 2.21 bits per heavy atom. The van der Waals surface area contributed by atoms with Crippen molar-refractivity contribution in [2.24, 2.45) is 17.8 Å². The van der Waals surface area contributed by atoms with Gasteiger partial charge in [-0.05, 0) is 78.8 Å². The van der Waals surface area contributed by atoms with Gasteiger partial charge in [0.1, 0.15) is 5.82 Å². The van der Waals surface area contributed by atoms with Crippen molar-refractivity contribution in [3.05, 3.63) is 75.2 Å². The van der Waals surface area contributed by atoms with E-state index in [0.29, 0.717) is 30.9 Å². The molecule has 1 aliphatic heterocycles. The molecule has 202 valence electrons. The summed E-state index contributed by atoms with van der Waals surface area (Å²) in [5.74, 6) is -1.52. The van der Waals surface area contributed by atoms with E-state index in [1.807, 2.05) is 0 Å². The number of nitriles is 1. The van der Waals surface area contributed by atoms with E-state index < -0.39 is 41.1 Å². The average Bonchev–Trinajstić information content (AvgIpc) is 3.16. The number of rotatable bonds is 6.